The topological polar surface area (TPSA) is 76.1 Å². The number of methoxy groups -OCH3 is 1. The molecule has 1 aliphatic heterocycles. The average Bonchev–Trinajstić information content (AvgIpc) is 3.38. The van der Waals surface area contributed by atoms with Gasteiger partial charge in [0.15, 0.2) is 5.06 Å². The summed E-state index contributed by atoms with van der Waals surface area (Å²) in [6.45, 7) is 2.08. The van der Waals surface area contributed by atoms with Gasteiger partial charge < -0.3 is 19.5 Å². The quantitative estimate of drug-likeness (QED) is 0.332. The van der Waals surface area contributed by atoms with Crippen molar-refractivity contribution in [2.24, 2.45) is 5.92 Å². The van der Waals surface area contributed by atoms with E-state index in [0.29, 0.717) is 17.9 Å². The molecule has 9 heteroatoms. The number of ether oxygens (including phenoxy) is 2. The van der Waals surface area contributed by atoms with Crippen molar-refractivity contribution in [2.75, 3.05) is 13.7 Å². The van der Waals surface area contributed by atoms with Gasteiger partial charge in [-0.3, -0.25) is 4.79 Å². The van der Waals surface area contributed by atoms with Gasteiger partial charge in [-0.1, -0.05) is 49.4 Å². The predicted octanol–water partition coefficient (Wildman–Crippen LogP) is 5.25. The van der Waals surface area contributed by atoms with E-state index in [9.17, 15) is 23.5 Å². The second kappa shape index (κ2) is 12.3. The van der Waals surface area contributed by atoms with Crippen molar-refractivity contribution in [1.29, 1.82) is 0 Å². The molecule has 0 unspecified atom stereocenters. The number of halogens is 2. The number of amides is 1. The lowest BCUT2D eigenvalue weighted by atomic mass is 9.95. The maximum absolute atomic E-state index is 14.2. The van der Waals surface area contributed by atoms with Crippen LogP contribution >= 0.6 is 11.3 Å². The molecule has 1 saturated heterocycles. The maximum atomic E-state index is 14.2. The number of hydrogen-bond acceptors (Lipinski definition) is 6. The molecule has 2 heterocycles. The number of hydrogen-bond donors (Lipinski definition) is 1. The number of aliphatic hydroxyl groups excluding tert-OH is 1. The first-order valence-corrected chi connectivity index (χ1v) is 12.4. The van der Waals surface area contributed by atoms with E-state index in [-0.39, 0.29) is 12.5 Å². The summed E-state index contributed by atoms with van der Waals surface area (Å²) in [6, 6.07) is 12.6. The molecule has 0 aliphatic carbocycles. The van der Waals surface area contributed by atoms with Crippen molar-refractivity contribution in [1.82, 2.24) is 4.90 Å². The summed E-state index contributed by atoms with van der Waals surface area (Å²) in [5.74, 6) is -4.65. The Morgan fingerprint density at radius 2 is 2.00 bits per heavy atom. The second-order valence-corrected chi connectivity index (χ2v) is 9.86. The van der Waals surface area contributed by atoms with Crippen LogP contribution in [0.25, 0.3) is 0 Å². The highest BCUT2D eigenvalue weighted by Crippen LogP contribution is 2.35. The molecule has 1 fully saturated rings. The number of rotatable bonds is 11. The second-order valence-electron chi connectivity index (χ2n) is 8.73. The maximum Gasteiger partial charge on any atom is 0.514 e. The van der Waals surface area contributed by atoms with Crippen molar-refractivity contribution in [3.63, 3.8) is 0 Å². The first-order valence-electron chi connectivity index (χ1n) is 11.6. The largest absolute Gasteiger partial charge is 0.514 e. The smallest absolute Gasteiger partial charge is 0.437 e. The molecule has 1 aromatic carbocycles. The number of carbonyl (C=O) groups excluding carboxylic acids is 2. The van der Waals surface area contributed by atoms with Crippen LogP contribution < -0.4 is 4.74 Å². The first-order chi connectivity index (χ1) is 16.7. The van der Waals surface area contributed by atoms with Crippen molar-refractivity contribution in [3.8, 4) is 5.06 Å². The van der Waals surface area contributed by atoms with E-state index < -0.39 is 36.6 Å². The van der Waals surface area contributed by atoms with Crippen LogP contribution in [0.2, 0.25) is 0 Å². The Kier molecular flexibility index (Phi) is 9.40. The molecule has 1 aromatic heterocycles. The van der Waals surface area contributed by atoms with E-state index in [1.807, 2.05) is 37.3 Å². The monoisotopic (exact) mass is 507 g/mol. The molecule has 35 heavy (non-hydrogen) atoms. The number of likely N-dealkylation sites (tertiary alicyclic amines) is 1. The number of thiophene rings is 1. The third-order valence-corrected chi connectivity index (χ3v) is 7.12. The Morgan fingerprint density at radius 3 is 2.71 bits per heavy atom. The summed E-state index contributed by atoms with van der Waals surface area (Å²) in [4.78, 5) is 25.6. The number of nitrogens with zero attached hydrogens (tertiary/aromatic N) is 1. The Balaban J connectivity index is 1.53. The Labute approximate surface area is 208 Å². The van der Waals surface area contributed by atoms with Crippen molar-refractivity contribution in [3.05, 3.63) is 65.1 Å². The molecule has 0 saturated carbocycles. The van der Waals surface area contributed by atoms with Crippen LogP contribution in [-0.4, -0.2) is 53.8 Å². The SMILES string of the molecule is COC(=O)Oc1ccc(CCCN2C(=O)C(F)(F)C[C@@H]2/C=C/[C@@H](O)[C@H](C)CCc2ccccc2)s1. The Bertz CT molecular complexity index is 1010. The molecule has 2 aromatic rings. The van der Waals surface area contributed by atoms with Gasteiger partial charge in [0.05, 0.1) is 19.3 Å². The standard InChI is InChI=1S/C26H31F2NO5S/c1-18(10-11-19-7-4-3-5-8-19)22(30)14-12-20-17-26(27,28)24(31)29(20)16-6-9-21-13-15-23(35-21)34-25(32)33-2/h3-5,7-8,12-15,18,20,22,30H,6,9-11,16-17H2,1-2H3/b14-12+/t18-,20+,22-/m1/s1. The van der Waals surface area contributed by atoms with E-state index in [2.05, 4.69) is 4.74 Å². The summed E-state index contributed by atoms with van der Waals surface area (Å²) in [7, 11) is 1.22. The normalized spacial score (nSPS) is 19.2. The summed E-state index contributed by atoms with van der Waals surface area (Å²) in [6.07, 6.45) is 3.46. The first kappa shape index (κ1) is 26.8. The van der Waals surface area contributed by atoms with Crippen LogP contribution in [-0.2, 0) is 22.4 Å². The fourth-order valence-electron chi connectivity index (χ4n) is 4.00. The van der Waals surface area contributed by atoms with Crippen LogP contribution in [0.3, 0.4) is 0 Å². The highest BCUT2D eigenvalue weighted by molar-refractivity contribution is 7.13. The minimum Gasteiger partial charge on any atom is -0.437 e. The summed E-state index contributed by atoms with van der Waals surface area (Å²) in [5.41, 5.74) is 1.18. The summed E-state index contributed by atoms with van der Waals surface area (Å²) < 4.78 is 37.8. The minimum atomic E-state index is -3.41. The van der Waals surface area contributed by atoms with Gasteiger partial charge in [-0.2, -0.15) is 8.78 Å². The third-order valence-electron chi connectivity index (χ3n) is 6.09. The Morgan fingerprint density at radius 1 is 1.26 bits per heavy atom. The highest BCUT2D eigenvalue weighted by atomic mass is 32.1. The van der Waals surface area contributed by atoms with E-state index in [0.717, 1.165) is 17.7 Å². The number of benzene rings is 1. The van der Waals surface area contributed by atoms with Gasteiger partial charge in [-0.15, -0.1) is 11.3 Å². The van der Waals surface area contributed by atoms with E-state index in [1.165, 1.54) is 41.1 Å². The molecule has 0 bridgehead atoms. The molecule has 0 spiro atoms. The molecule has 1 N–H and O–H groups in total. The molecule has 6 nitrogen and oxygen atoms in total. The molecule has 3 rings (SSSR count). The molecule has 190 valence electrons. The van der Waals surface area contributed by atoms with Crippen LogP contribution in [0.5, 0.6) is 5.06 Å². The van der Waals surface area contributed by atoms with Gasteiger partial charge in [-0.25, -0.2) is 4.79 Å². The van der Waals surface area contributed by atoms with Gasteiger partial charge in [0.2, 0.25) is 0 Å². The molecule has 3 atom stereocenters. The van der Waals surface area contributed by atoms with Gasteiger partial charge in [0.25, 0.3) is 5.91 Å². The van der Waals surface area contributed by atoms with E-state index >= 15 is 0 Å². The molecular formula is C26H31F2NO5S. The minimum absolute atomic E-state index is 0.0576. The average molecular weight is 508 g/mol. The predicted molar refractivity (Wildman–Crippen MR) is 130 cm³/mol. The zero-order valence-corrected chi connectivity index (χ0v) is 20.7. The van der Waals surface area contributed by atoms with Gasteiger partial charge >= 0.3 is 12.1 Å². The zero-order valence-electron chi connectivity index (χ0n) is 19.9. The number of aryl methyl sites for hydroxylation is 2. The molecule has 1 amide bonds. The Hall–Kier alpha value is -2.78. The zero-order chi connectivity index (χ0) is 25.4. The summed E-state index contributed by atoms with van der Waals surface area (Å²) >= 11 is 1.26. The van der Waals surface area contributed by atoms with Gasteiger partial charge in [0, 0.05) is 17.8 Å². The lowest BCUT2D eigenvalue weighted by Crippen LogP contribution is -2.36. The molecular weight excluding hydrogens is 476 g/mol. The lowest BCUT2D eigenvalue weighted by molar-refractivity contribution is -0.148. The number of alkyl halides is 2. The van der Waals surface area contributed by atoms with E-state index in [1.54, 1.807) is 12.1 Å². The van der Waals surface area contributed by atoms with Crippen LogP contribution in [0.15, 0.2) is 54.6 Å². The van der Waals surface area contributed by atoms with Crippen molar-refractivity contribution >= 4 is 23.4 Å². The van der Waals surface area contributed by atoms with Crippen LogP contribution in [0.1, 0.15) is 36.6 Å². The highest BCUT2D eigenvalue weighted by Gasteiger charge is 2.52. The van der Waals surface area contributed by atoms with Crippen LogP contribution in [0.4, 0.5) is 13.6 Å². The molecule has 1 aliphatic rings. The third kappa shape index (κ3) is 7.60. The fourth-order valence-corrected chi connectivity index (χ4v) is 4.88. The van der Waals surface area contributed by atoms with Gasteiger partial charge in [-0.05, 0) is 49.3 Å². The molecule has 0 radical (unpaired) electrons. The number of carbonyl (C=O) groups is 2. The van der Waals surface area contributed by atoms with Crippen molar-refractivity contribution < 1.29 is 33.0 Å². The fraction of sp³-hybridized carbons (Fsp3) is 0.462. The lowest BCUT2D eigenvalue weighted by Gasteiger charge is -2.22. The van der Waals surface area contributed by atoms with Gasteiger partial charge in [0.1, 0.15) is 0 Å². The summed E-state index contributed by atoms with van der Waals surface area (Å²) in [5, 5.41) is 10.9. The number of aliphatic hydroxyl groups is 1. The van der Waals surface area contributed by atoms with Crippen LogP contribution in [0, 0.1) is 5.92 Å². The van der Waals surface area contributed by atoms with Crippen molar-refractivity contribution in [2.45, 2.75) is 57.1 Å². The van der Waals surface area contributed by atoms with E-state index in [4.69, 9.17) is 4.74 Å².